The smallest absolute Gasteiger partial charge is 0.323 e. The third-order valence-electron chi connectivity index (χ3n) is 2.90. The Morgan fingerprint density at radius 3 is 2.77 bits per heavy atom. The number of fused-ring (bicyclic) bond motifs is 2. The van der Waals surface area contributed by atoms with Crippen LogP contribution in [0.4, 0.5) is 0 Å². The molecule has 2 aliphatic rings. The van der Waals surface area contributed by atoms with Crippen molar-refractivity contribution >= 4 is 18.4 Å². The molecule has 76 valence electrons. The number of hydrogen-bond donors (Lipinski definition) is 1. The summed E-state index contributed by atoms with van der Waals surface area (Å²) in [7, 11) is 0. The maximum atomic E-state index is 11.4. The third kappa shape index (κ3) is 1.97. The van der Waals surface area contributed by atoms with Crippen LogP contribution in [0.25, 0.3) is 0 Å². The number of piperidine rings is 1. The highest BCUT2D eigenvalue weighted by molar-refractivity contribution is 5.85. The Morgan fingerprint density at radius 2 is 2.31 bits per heavy atom. The molecule has 1 aliphatic carbocycles. The van der Waals surface area contributed by atoms with Gasteiger partial charge in [-0.25, -0.2) is 0 Å². The molecule has 2 rings (SSSR count). The number of ether oxygens (including phenoxy) is 1. The van der Waals surface area contributed by atoms with Gasteiger partial charge >= 0.3 is 5.97 Å². The van der Waals surface area contributed by atoms with Crippen LogP contribution in [-0.2, 0) is 9.53 Å². The molecule has 0 radical (unpaired) electrons. The van der Waals surface area contributed by atoms with Gasteiger partial charge in [0.05, 0.1) is 6.61 Å². The van der Waals surface area contributed by atoms with Crippen LogP contribution in [0.1, 0.15) is 26.2 Å². The SMILES string of the molecule is CCOC(=O)C1NC2CCC1C2.Cl. The minimum absolute atomic E-state index is 0. The summed E-state index contributed by atoms with van der Waals surface area (Å²) in [4.78, 5) is 11.4. The number of carbonyl (C=O) groups excluding carboxylic acids is 1. The average molecular weight is 206 g/mol. The molecule has 0 aromatic carbocycles. The summed E-state index contributed by atoms with van der Waals surface area (Å²) in [6, 6.07) is 0.591. The molecule has 3 nitrogen and oxygen atoms in total. The Bertz CT molecular complexity index is 198. The monoisotopic (exact) mass is 205 g/mol. The summed E-state index contributed by atoms with van der Waals surface area (Å²) in [5.74, 6) is 0.499. The summed E-state index contributed by atoms with van der Waals surface area (Å²) >= 11 is 0. The van der Waals surface area contributed by atoms with Crippen LogP contribution in [-0.4, -0.2) is 24.7 Å². The zero-order chi connectivity index (χ0) is 8.55. The summed E-state index contributed by atoms with van der Waals surface area (Å²) in [6.45, 7) is 2.35. The van der Waals surface area contributed by atoms with E-state index in [1.807, 2.05) is 6.92 Å². The van der Waals surface area contributed by atoms with Crippen LogP contribution in [0.3, 0.4) is 0 Å². The molecule has 0 spiro atoms. The highest BCUT2D eigenvalue weighted by atomic mass is 35.5. The van der Waals surface area contributed by atoms with Crippen molar-refractivity contribution in [1.82, 2.24) is 5.32 Å². The summed E-state index contributed by atoms with van der Waals surface area (Å²) in [5.41, 5.74) is 0. The lowest BCUT2D eigenvalue weighted by molar-refractivity contribution is -0.146. The number of carbonyl (C=O) groups is 1. The normalized spacial score (nSPS) is 35.6. The zero-order valence-electron chi connectivity index (χ0n) is 7.79. The van der Waals surface area contributed by atoms with Gasteiger partial charge in [-0.05, 0) is 32.1 Å². The summed E-state index contributed by atoms with van der Waals surface area (Å²) in [5, 5.41) is 3.30. The second-order valence-corrected chi connectivity index (χ2v) is 3.67. The molecule has 2 fully saturated rings. The fourth-order valence-corrected chi connectivity index (χ4v) is 2.35. The first-order valence-electron chi connectivity index (χ1n) is 4.74. The van der Waals surface area contributed by atoms with Crippen LogP contribution >= 0.6 is 12.4 Å². The van der Waals surface area contributed by atoms with E-state index in [4.69, 9.17) is 4.74 Å². The van der Waals surface area contributed by atoms with Gasteiger partial charge in [0, 0.05) is 6.04 Å². The number of hydrogen-bond acceptors (Lipinski definition) is 3. The minimum atomic E-state index is -0.0512. The van der Waals surface area contributed by atoms with Crippen LogP contribution in [0.2, 0.25) is 0 Å². The Hall–Kier alpha value is -0.280. The van der Waals surface area contributed by atoms with E-state index in [0.717, 1.165) is 0 Å². The van der Waals surface area contributed by atoms with Crippen molar-refractivity contribution in [3.8, 4) is 0 Å². The predicted molar refractivity (Wildman–Crippen MR) is 51.9 cm³/mol. The van der Waals surface area contributed by atoms with Crippen LogP contribution in [0.5, 0.6) is 0 Å². The second-order valence-electron chi connectivity index (χ2n) is 3.67. The van der Waals surface area contributed by atoms with Crippen molar-refractivity contribution in [1.29, 1.82) is 0 Å². The molecule has 13 heavy (non-hydrogen) atoms. The lowest BCUT2D eigenvalue weighted by atomic mass is 10.0. The first-order valence-corrected chi connectivity index (χ1v) is 4.74. The molecule has 0 aromatic rings. The largest absolute Gasteiger partial charge is 0.465 e. The second kappa shape index (κ2) is 4.29. The molecule has 1 N–H and O–H groups in total. The van der Waals surface area contributed by atoms with Crippen LogP contribution in [0.15, 0.2) is 0 Å². The van der Waals surface area contributed by atoms with E-state index >= 15 is 0 Å². The molecule has 2 bridgehead atoms. The average Bonchev–Trinajstić information content (AvgIpc) is 2.64. The Balaban J connectivity index is 0.000000845. The van der Waals surface area contributed by atoms with E-state index in [-0.39, 0.29) is 24.4 Å². The highest BCUT2D eigenvalue weighted by Gasteiger charge is 2.43. The number of halogens is 1. The first-order chi connectivity index (χ1) is 5.81. The number of rotatable bonds is 2. The highest BCUT2D eigenvalue weighted by Crippen LogP contribution is 2.35. The Morgan fingerprint density at radius 1 is 1.54 bits per heavy atom. The van der Waals surface area contributed by atoms with Crippen molar-refractivity contribution < 1.29 is 9.53 Å². The number of esters is 1. The van der Waals surface area contributed by atoms with Crippen LogP contribution in [0, 0.1) is 5.92 Å². The lowest BCUT2D eigenvalue weighted by Crippen LogP contribution is -2.42. The minimum Gasteiger partial charge on any atom is -0.465 e. The molecule has 4 heteroatoms. The van der Waals surface area contributed by atoms with Crippen molar-refractivity contribution in [2.75, 3.05) is 6.61 Å². The first kappa shape index (κ1) is 10.8. The fourth-order valence-electron chi connectivity index (χ4n) is 2.35. The van der Waals surface area contributed by atoms with Gasteiger partial charge < -0.3 is 10.1 Å². The lowest BCUT2D eigenvalue weighted by Gasteiger charge is -2.20. The Labute approximate surface area is 84.6 Å². The maximum absolute atomic E-state index is 11.4. The van der Waals surface area contributed by atoms with Gasteiger partial charge in [-0.15, -0.1) is 12.4 Å². The van der Waals surface area contributed by atoms with Gasteiger partial charge in [0.2, 0.25) is 0 Å². The molecule has 3 unspecified atom stereocenters. The zero-order valence-corrected chi connectivity index (χ0v) is 8.60. The van der Waals surface area contributed by atoms with E-state index in [2.05, 4.69) is 5.32 Å². The molecule has 1 aliphatic heterocycles. The quantitative estimate of drug-likeness (QED) is 0.687. The number of nitrogens with one attached hydrogen (secondary N) is 1. The van der Waals surface area contributed by atoms with Crippen LogP contribution < -0.4 is 5.32 Å². The summed E-state index contributed by atoms with van der Waals surface area (Å²) in [6.07, 6.45) is 3.60. The Kier molecular flexibility index (Phi) is 3.56. The molecule has 1 heterocycles. The van der Waals surface area contributed by atoms with E-state index < -0.39 is 0 Å². The molecular weight excluding hydrogens is 190 g/mol. The van der Waals surface area contributed by atoms with E-state index in [9.17, 15) is 4.79 Å². The topological polar surface area (TPSA) is 38.3 Å². The van der Waals surface area contributed by atoms with Crippen molar-refractivity contribution in [3.63, 3.8) is 0 Å². The maximum Gasteiger partial charge on any atom is 0.323 e. The third-order valence-corrected chi connectivity index (χ3v) is 2.90. The van der Waals surface area contributed by atoms with Gasteiger partial charge in [-0.3, -0.25) is 4.79 Å². The molecule has 3 atom stereocenters. The van der Waals surface area contributed by atoms with Gasteiger partial charge in [0.1, 0.15) is 6.04 Å². The molecule has 0 aromatic heterocycles. The van der Waals surface area contributed by atoms with Crippen molar-refractivity contribution in [2.45, 2.75) is 38.3 Å². The van der Waals surface area contributed by atoms with E-state index in [1.54, 1.807) is 0 Å². The molecule has 1 saturated carbocycles. The van der Waals surface area contributed by atoms with E-state index in [1.165, 1.54) is 19.3 Å². The summed E-state index contributed by atoms with van der Waals surface area (Å²) < 4.78 is 4.98. The van der Waals surface area contributed by atoms with Gasteiger partial charge in [0.15, 0.2) is 0 Å². The standard InChI is InChI=1S/C9H15NO2.ClH/c1-2-12-9(11)8-6-3-4-7(5-6)10-8;/h6-8,10H,2-5H2,1H3;1H. The van der Waals surface area contributed by atoms with Gasteiger partial charge in [-0.1, -0.05) is 0 Å². The molecule has 0 amide bonds. The van der Waals surface area contributed by atoms with Crippen molar-refractivity contribution in [2.24, 2.45) is 5.92 Å². The molecular formula is C9H16ClNO2. The van der Waals surface area contributed by atoms with E-state index in [0.29, 0.717) is 18.6 Å². The molecule has 1 saturated heterocycles. The van der Waals surface area contributed by atoms with Crippen molar-refractivity contribution in [3.05, 3.63) is 0 Å². The van der Waals surface area contributed by atoms with Gasteiger partial charge in [0.25, 0.3) is 0 Å². The van der Waals surface area contributed by atoms with Gasteiger partial charge in [-0.2, -0.15) is 0 Å². The fraction of sp³-hybridized carbons (Fsp3) is 0.889. The predicted octanol–water partition coefficient (Wildman–Crippen LogP) is 1.11.